The summed E-state index contributed by atoms with van der Waals surface area (Å²) in [6.45, 7) is 1.35. The van der Waals surface area contributed by atoms with E-state index in [1.54, 1.807) is 0 Å². The molecule has 0 aliphatic rings. The zero-order valence-electron chi connectivity index (χ0n) is 21.8. The topological polar surface area (TPSA) is 293 Å². The van der Waals surface area contributed by atoms with Crippen LogP contribution in [-0.4, -0.2) is 59.3 Å². The molecule has 4 aromatic rings. The van der Waals surface area contributed by atoms with Crippen molar-refractivity contribution in [3.8, 4) is 23.0 Å². The van der Waals surface area contributed by atoms with Gasteiger partial charge in [-0.3, -0.25) is 13.7 Å². The highest BCUT2D eigenvalue weighted by Crippen LogP contribution is 2.50. The quantitative estimate of drug-likeness (QED) is 0.0871. The molecule has 0 atom stereocenters. The highest BCUT2D eigenvalue weighted by atomic mass is 35.5. The maximum absolute atomic E-state index is 12.2. The first kappa shape index (κ1) is 33.7. The second kappa shape index (κ2) is 11.7. The molecule has 0 aliphatic heterocycles. The van der Waals surface area contributed by atoms with Gasteiger partial charge in [0.25, 0.3) is 30.4 Å². The summed E-state index contributed by atoms with van der Waals surface area (Å²) < 4.78 is 99.1. The smallest absolute Gasteiger partial charge is 0.298 e. The van der Waals surface area contributed by atoms with Crippen LogP contribution in [0.25, 0.3) is 10.8 Å². The Hall–Kier alpha value is -4.15. The predicted molar refractivity (Wildman–Crippen MR) is 156 cm³/mol. The highest BCUT2D eigenvalue weighted by Gasteiger charge is 2.27. The zero-order chi connectivity index (χ0) is 33.8. The lowest BCUT2D eigenvalue weighted by Gasteiger charge is -2.13. The van der Waals surface area contributed by atoms with Crippen molar-refractivity contribution < 1.29 is 59.3 Å². The van der Waals surface area contributed by atoms with Crippen molar-refractivity contribution in [2.45, 2.75) is 21.6 Å². The fourth-order valence-corrected chi connectivity index (χ4v) is 6.38. The normalized spacial score (nSPS) is 12.9. The molecule has 0 spiro atoms. The predicted octanol–water partition coefficient (Wildman–Crippen LogP) is 5.85. The Balaban J connectivity index is 1.97. The van der Waals surface area contributed by atoms with Crippen LogP contribution in [0.2, 0.25) is 10.0 Å². The van der Waals surface area contributed by atoms with Crippen LogP contribution in [-0.2, 0) is 30.4 Å². The van der Waals surface area contributed by atoms with Crippen molar-refractivity contribution in [3.63, 3.8) is 0 Å². The van der Waals surface area contributed by atoms with Gasteiger partial charge in [0, 0.05) is 10.0 Å². The molecule has 0 fully saturated rings. The second-order valence-corrected chi connectivity index (χ2v) is 14.0. The molecule has 0 unspecified atom stereocenters. The number of phenols is 4. The molecule has 238 valence electrons. The SMILES string of the molecule is Cc1cc2cc(S(=O)(=O)O)c(N=Nc3cc(Cl)cc(S(=O)(=O)O)c3O)c(O)c2c(O)c1N=Nc1cc(Cl)cc(S(=O)(=O)O)c1O. The largest absolute Gasteiger partial charge is 0.505 e. The van der Waals surface area contributed by atoms with Crippen LogP contribution in [0.4, 0.5) is 22.7 Å². The first-order valence-electron chi connectivity index (χ1n) is 11.4. The molecule has 0 radical (unpaired) electrons. The summed E-state index contributed by atoms with van der Waals surface area (Å²) in [5.41, 5.74) is -2.68. The molecular formula is C23H16Cl2N4O13S3. The summed E-state index contributed by atoms with van der Waals surface area (Å²) >= 11 is 11.6. The highest BCUT2D eigenvalue weighted by molar-refractivity contribution is 7.86. The van der Waals surface area contributed by atoms with Gasteiger partial charge < -0.3 is 20.4 Å². The van der Waals surface area contributed by atoms with E-state index < -0.39 is 96.2 Å². The van der Waals surface area contributed by atoms with Crippen LogP contribution in [0.3, 0.4) is 0 Å². The summed E-state index contributed by atoms with van der Waals surface area (Å²) in [4.78, 5) is -3.13. The lowest BCUT2D eigenvalue weighted by Crippen LogP contribution is -1.99. The van der Waals surface area contributed by atoms with Gasteiger partial charge in [-0.2, -0.15) is 25.3 Å². The second-order valence-electron chi connectivity index (χ2n) is 8.93. The van der Waals surface area contributed by atoms with Crippen LogP contribution in [0, 0.1) is 6.92 Å². The van der Waals surface area contributed by atoms with E-state index in [9.17, 15) is 59.3 Å². The number of hydrogen-bond donors (Lipinski definition) is 7. The molecule has 4 rings (SSSR count). The van der Waals surface area contributed by atoms with E-state index >= 15 is 0 Å². The number of benzene rings is 4. The number of aryl methyl sites for hydroxylation is 1. The van der Waals surface area contributed by atoms with E-state index in [1.165, 1.54) is 13.0 Å². The number of rotatable bonds is 7. The van der Waals surface area contributed by atoms with E-state index in [-0.39, 0.29) is 21.0 Å². The number of hydrogen-bond acceptors (Lipinski definition) is 14. The molecule has 7 N–H and O–H groups in total. The van der Waals surface area contributed by atoms with Gasteiger partial charge in [0.15, 0.2) is 23.0 Å². The van der Waals surface area contributed by atoms with Crippen LogP contribution in [0.1, 0.15) is 5.56 Å². The van der Waals surface area contributed by atoms with Crippen molar-refractivity contribution in [1.29, 1.82) is 0 Å². The number of nitrogens with zero attached hydrogens (tertiary/aromatic N) is 4. The van der Waals surface area contributed by atoms with Crippen molar-refractivity contribution >= 4 is 87.1 Å². The Bertz CT molecular complexity index is 2330. The Morgan fingerprint density at radius 3 is 1.36 bits per heavy atom. The number of azo groups is 2. The van der Waals surface area contributed by atoms with E-state index in [0.29, 0.717) is 6.07 Å². The van der Waals surface area contributed by atoms with E-state index in [1.807, 2.05) is 0 Å². The number of fused-ring (bicyclic) bond motifs is 1. The molecule has 0 saturated heterocycles. The zero-order valence-corrected chi connectivity index (χ0v) is 25.8. The Morgan fingerprint density at radius 1 is 0.533 bits per heavy atom. The number of aromatic hydroxyl groups is 4. The summed E-state index contributed by atoms with van der Waals surface area (Å²) in [6.07, 6.45) is 0. The monoisotopic (exact) mass is 722 g/mol. The van der Waals surface area contributed by atoms with Gasteiger partial charge in [-0.05, 0) is 54.3 Å². The average molecular weight is 724 g/mol. The third-order valence-electron chi connectivity index (χ3n) is 5.86. The molecule has 0 saturated carbocycles. The van der Waals surface area contributed by atoms with Crippen molar-refractivity contribution in [2.75, 3.05) is 0 Å². The Morgan fingerprint density at radius 2 is 0.933 bits per heavy atom. The fourth-order valence-electron chi connectivity index (χ4n) is 3.92. The average Bonchev–Trinajstić information content (AvgIpc) is 2.88. The van der Waals surface area contributed by atoms with E-state index in [2.05, 4.69) is 20.5 Å². The lowest BCUT2D eigenvalue weighted by atomic mass is 10.0. The molecule has 0 amide bonds. The maximum atomic E-state index is 12.2. The molecule has 22 heteroatoms. The summed E-state index contributed by atoms with van der Waals surface area (Å²) in [5.74, 6) is -4.22. The summed E-state index contributed by atoms with van der Waals surface area (Å²) in [5, 5.41) is 55.6. The Labute approximate surface area is 262 Å². The molecule has 0 aromatic heterocycles. The van der Waals surface area contributed by atoms with Gasteiger partial charge in [-0.1, -0.05) is 23.2 Å². The summed E-state index contributed by atoms with van der Waals surface area (Å²) in [7, 11) is -15.2. The maximum Gasteiger partial charge on any atom is 0.298 e. The minimum Gasteiger partial charge on any atom is -0.505 e. The van der Waals surface area contributed by atoms with Crippen molar-refractivity contribution in [3.05, 3.63) is 52.0 Å². The summed E-state index contributed by atoms with van der Waals surface area (Å²) in [6, 6.07) is 5.19. The molecule has 0 heterocycles. The van der Waals surface area contributed by atoms with Gasteiger partial charge in [-0.25, -0.2) is 0 Å². The van der Waals surface area contributed by atoms with E-state index in [0.717, 1.165) is 24.3 Å². The standard InChI is InChI=1S/C23H16Cl2N4O13S3/c1-8-2-9-3-14(43(34,35)36)19(29-27-13-5-11(25)7-16(21(13)31)45(40,41)42)23(33)17(9)22(32)18(8)28-26-12-4-10(24)6-15(20(12)30)44(37,38)39/h2-7,30-33H,1H3,(H,34,35,36)(H,37,38,39)(H,40,41,42). The van der Waals surface area contributed by atoms with Crippen molar-refractivity contribution in [1.82, 2.24) is 0 Å². The minimum absolute atomic E-state index is 0.0666. The number of phenolic OH excluding ortho intramolecular Hbond substituents is 4. The first-order valence-corrected chi connectivity index (χ1v) is 16.5. The van der Waals surface area contributed by atoms with Crippen LogP contribution < -0.4 is 0 Å². The van der Waals surface area contributed by atoms with E-state index in [4.69, 9.17) is 23.2 Å². The van der Waals surface area contributed by atoms with Crippen LogP contribution in [0.15, 0.2) is 71.5 Å². The molecule has 17 nitrogen and oxygen atoms in total. The minimum atomic E-state index is -5.18. The van der Waals surface area contributed by atoms with Crippen LogP contribution in [0.5, 0.6) is 23.0 Å². The Kier molecular flexibility index (Phi) is 8.73. The third-order valence-corrected chi connectivity index (χ3v) is 8.90. The third kappa shape index (κ3) is 6.77. The molecular weight excluding hydrogens is 707 g/mol. The molecule has 4 aromatic carbocycles. The van der Waals surface area contributed by atoms with Gasteiger partial charge in [0.2, 0.25) is 0 Å². The van der Waals surface area contributed by atoms with Crippen molar-refractivity contribution in [2.24, 2.45) is 20.5 Å². The lowest BCUT2D eigenvalue weighted by molar-refractivity contribution is 0.442. The molecule has 0 bridgehead atoms. The first-order chi connectivity index (χ1) is 20.6. The van der Waals surface area contributed by atoms with Crippen LogP contribution >= 0.6 is 23.2 Å². The fraction of sp³-hybridized carbons (Fsp3) is 0.0435. The molecule has 0 aliphatic carbocycles. The number of halogens is 2. The van der Waals surface area contributed by atoms with Gasteiger partial charge in [0.05, 0.1) is 5.39 Å². The van der Waals surface area contributed by atoms with Gasteiger partial charge in [-0.15, -0.1) is 20.5 Å². The van der Waals surface area contributed by atoms with Gasteiger partial charge >= 0.3 is 0 Å². The molecule has 45 heavy (non-hydrogen) atoms. The van der Waals surface area contributed by atoms with Gasteiger partial charge in [0.1, 0.15) is 37.4 Å².